The van der Waals surface area contributed by atoms with Crippen molar-refractivity contribution in [3.05, 3.63) is 54.1 Å². The van der Waals surface area contributed by atoms with Crippen LogP contribution in [0.5, 0.6) is 11.5 Å². The number of amides is 1. The number of carbonyl (C=O) groups is 3. The number of piperidine rings is 1. The number of anilines is 1. The van der Waals surface area contributed by atoms with E-state index in [4.69, 9.17) is 29.3 Å². The summed E-state index contributed by atoms with van der Waals surface area (Å²) in [7, 11) is 3.35. The Morgan fingerprint density at radius 2 is 1.43 bits per heavy atom. The molecule has 2 aromatic rings. The first-order chi connectivity index (χ1) is 17.8. The summed E-state index contributed by atoms with van der Waals surface area (Å²) >= 11 is 0. The SMILES string of the molecule is COc1cccc(CN2CCC(C(=O)N3CCN(c4ccccc4)CC3)CC2)c1OC.O=C(O)C(=O)O. The molecule has 0 aromatic heterocycles. The van der Waals surface area contributed by atoms with Gasteiger partial charge in [0.15, 0.2) is 11.5 Å². The quantitative estimate of drug-likeness (QED) is 0.561. The van der Waals surface area contributed by atoms with Crippen LogP contribution in [0.3, 0.4) is 0 Å². The average molecular weight is 514 g/mol. The molecule has 2 aliphatic rings. The minimum atomic E-state index is -1.82. The van der Waals surface area contributed by atoms with Crippen molar-refractivity contribution in [1.29, 1.82) is 0 Å². The number of hydrogen-bond donors (Lipinski definition) is 2. The number of carbonyl (C=O) groups excluding carboxylic acids is 1. The molecule has 0 aliphatic carbocycles. The van der Waals surface area contributed by atoms with E-state index in [1.54, 1.807) is 14.2 Å². The second-order valence-corrected chi connectivity index (χ2v) is 8.96. The van der Waals surface area contributed by atoms with E-state index in [-0.39, 0.29) is 5.92 Å². The fraction of sp³-hybridized carbons (Fsp3) is 0.444. The van der Waals surface area contributed by atoms with E-state index >= 15 is 0 Å². The number of methoxy groups -OCH3 is 2. The van der Waals surface area contributed by atoms with Crippen molar-refractivity contribution in [2.45, 2.75) is 19.4 Å². The van der Waals surface area contributed by atoms with Gasteiger partial charge in [-0.25, -0.2) is 9.59 Å². The predicted octanol–water partition coefficient (Wildman–Crippen LogP) is 2.42. The van der Waals surface area contributed by atoms with Crippen molar-refractivity contribution >= 4 is 23.5 Å². The summed E-state index contributed by atoms with van der Waals surface area (Å²) < 4.78 is 11.0. The molecule has 0 spiro atoms. The number of nitrogens with zero attached hydrogens (tertiary/aromatic N) is 3. The number of para-hydroxylation sites is 2. The lowest BCUT2D eigenvalue weighted by atomic mass is 9.94. The highest BCUT2D eigenvalue weighted by Gasteiger charge is 2.30. The molecule has 2 N–H and O–H groups in total. The third-order valence-corrected chi connectivity index (χ3v) is 6.71. The number of aliphatic carboxylic acids is 2. The molecule has 0 atom stereocenters. The van der Waals surface area contributed by atoms with E-state index in [0.717, 1.165) is 75.7 Å². The highest BCUT2D eigenvalue weighted by atomic mass is 16.5. The van der Waals surface area contributed by atoms with Gasteiger partial charge in [0, 0.05) is 49.9 Å². The van der Waals surface area contributed by atoms with Gasteiger partial charge in [0.1, 0.15) is 0 Å². The molecule has 2 fully saturated rings. The zero-order valence-electron chi connectivity index (χ0n) is 21.3. The Morgan fingerprint density at radius 3 is 1.97 bits per heavy atom. The van der Waals surface area contributed by atoms with Crippen LogP contribution in [0.4, 0.5) is 5.69 Å². The Balaban J connectivity index is 0.000000568. The molecule has 2 aromatic carbocycles. The Hall–Kier alpha value is -3.79. The standard InChI is InChI=1S/C25H33N3O3.C2H2O4/c1-30-23-10-6-7-21(24(23)31-2)19-26-13-11-20(12-14-26)25(29)28-17-15-27(16-18-28)22-8-4-3-5-9-22;3-1(4)2(5)6/h3-10,20H,11-19H2,1-2H3;(H,3,4)(H,5,6). The molecule has 1 amide bonds. The van der Waals surface area contributed by atoms with Gasteiger partial charge in [-0.3, -0.25) is 9.69 Å². The van der Waals surface area contributed by atoms with Gasteiger partial charge in [-0.2, -0.15) is 0 Å². The molecule has 2 aliphatic heterocycles. The molecule has 2 saturated heterocycles. The summed E-state index contributed by atoms with van der Waals surface area (Å²) in [5.41, 5.74) is 2.37. The molecule has 10 nitrogen and oxygen atoms in total. The van der Waals surface area contributed by atoms with Crippen molar-refractivity contribution < 1.29 is 34.1 Å². The van der Waals surface area contributed by atoms with Crippen LogP contribution in [-0.2, 0) is 20.9 Å². The minimum absolute atomic E-state index is 0.145. The Kier molecular flexibility index (Phi) is 10.1. The van der Waals surface area contributed by atoms with Crippen molar-refractivity contribution in [3.8, 4) is 11.5 Å². The number of likely N-dealkylation sites (tertiary alicyclic amines) is 1. The zero-order chi connectivity index (χ0) is 26.8. The van der Waals surface area contributed by atoms with Crippen molar-refractivity contribution in [2.75, 3.05) is 58.4 Å². The monoisotopic (exact) mass is 513 g/mol. The van der Waals surface area contributed by atoms with Gasteiger partial charge < -0.3 is 29.5 Å². The Bertz CT molecular complexity index is 1040. The largest absolute Gasteiger partial charge is 0.493 e. The molecule has 0 saturated carbocycles. The zero-order valence-corrected chi connectivity index (χ0v) is 21.3. The van der Waals surface area contributed by atoms with Crippen LogP contribution in [0.15, 0.2) is 48.5 Å². The summed E-state index contributed by atoms with van der Waals surface area (Å²) in [4.78, 5) is 38.2. The Morgan fingerprint density at radius 1 is 0.811 bits per heavy atom. The van der Waals surface area contributed by atoms with Crippen LogP contribution in [0.1, 0.15) is 18.4 Å². The molecule has 0 radical (unpaired) electrons. The van der Waals surface area contributed by atoms with E-state index in [0.29, 0.717) is 5.91 Å². The maximum Gasteiger partial charge on any atom is 0.414 e. The molecule has 0 unspecified atom stereocenters. The molecule has 200 valence electrons. The molecule has 37 heavy (non-hydrogen) atoms. The lowest BCUT2D eigenvalue weighted by Gasteiger charge is -2.39. The molecular weight excluding hydrogens is 478 g/mol. The second-order valence-electron chi connectivity index (χ2n) is 8.96. The Labute approximate surface area is 217 Å². The van der Waals surface area contributed by atoms with Gasteiger partial charge in [0.2, 0.25) is 5.91 Å². The first kappa shape index (κ1) is 27.8. The number of piperazine rings is 1. The summed E-state index contributed by atoms with van der Waals surface area (Å²) in [6.07, 6.45) is 1.84. The first-order valence-electron chi connectivity index (χ1n) is 12.3. The number of hydrogen-bond acceptors (Lipinski definition) is 7. The van der Waals surface area contributed by atoms with Crippen LogP contribution in [0, 0.1) is 5.92 Å². The lowest BCUT2D eigenvalue weighted by molar-refractivity contribution is -0.159. The minimum Gasteiger partial charge on any atom is -0.493 e. The van der Waals surface area contributed by atoms with Crippen LogP contribution in [0.25, 0.3) is 0 Å². The lowest BCUT2D eigenvalue weighted by Crippen LogP contribution is -2.51. The third-order valence-electron chi connectivity index (χ3n) is 6.71. The topological polar surface area (TPSA) is 120 Å². The van der Waals surface area contributed by atoms with Crippen LogP contribution < -0.4 is 14.4 Å². The van der Waals surface area contributed by atoms with Crippen molar-refractivity contribution in [2.24, 2.45) is 5.92 Å². The molecule has 10 heteroatoms. The van der Waals surface area contributed by atoms with E-state index in [1.165, 1.54) is 5.69 Å². The van der Waals surface area contributed by atoms with E-state index < -0.39 is 11.9 Å². The number of carboxylic acids is 2. The van der Waals surface area contributed by atoms with Crippen LogP contribution >= 0.6 is 0 Å². The molecule has 2 heterocycles. The van der Waals surface area contributed by atoms with Crippen molar-refractivity contribution in [3.63, 3.8) is 0 Å². The molecule has 4 rings (SSSR count). The molecule has 0 bridgehead atoms. The highest BCUT2D eigenvalue weighted by Crippen LogP contribution is 2.32. The van der Waals surface area contributed by atoms with Gasteiger partial charge in [0.05, 0.1) is 14.2 Å². The number of rotatable bonds is 6. The van der Waals surface area contributed by atoms with E-state index in [1.807, 2.05) is 18.2 Å². The fourth-order valence-electron chi connectivity index (χ4n) is 4.74. The summed E-state index contributed by atoms with van der Waals surface area (Å²) in [5.74, 6) is -1.60. The van der Waals surface area contributed by atoms with Crippen molar-refractivity contribution in [1.82, 2.24) is 9.80 Å². The third kappa shape index (κ3) is 7.60. The predicted molar refractivity (Wildman–Crippen MR) is 138 cm³/mol. The van der Waals surface area contributed by atoms with Gasteiger partial charge in [-0.05, 0) is 44.1 Å². The summed E-state index contributed by atoms with van der Waals surface area (Å²) in [5, 5.41) is 14.8. The second kappa shape index (κ2) is 13.5. The van der Waals surface area contributed by atoms with E-state index in [2.05, 4.69) is 45.0 Å². The smallest absolute Gasteiger partial charge is 0.414 e. The summed E-state index contributed by atoms with van der Waals surface area (Å²) in [6.45, 7) is 6.12. The van der Waals surface area contributed by atoms with Crippen LogP contribution in [0.2, 0.25) is 0 Å². The summed E-state index contributed by atoms with van der Waals surface area (Å²) in [6, 6.07) is 16.5. The molecular formula is C27H35N3O7. The number of ether oxygens (including phenoxy) is 2. The fourth-order valence-corrected chi connectivity index (χ4v) is 4.74. The van der Waals surface area contributed by atoms with Gasteiger partial charge in [-0.15, -0.1) is 0 Å². The maximum absolute atomic E-state index is 13.1. The van der Waals surface area contributed by atoms with Gasteiger partial charge in [-0.1, -0.05) is 30.3 Å². The number of carboxylic acid groups (broad SMARTS) is 2. The van der Waals surface area contributed by atoms with Gasteiger partial charge >= 0.3 is 11.9 Å². The van der Waals surface area contributed by atoms with E-state index in [9.17, 15) is 4.79 Å². The highest BCUT2D eigenvalue weighted by molar-refractivity contribution is 6.27. The first-order valence-corrected chi connectivity index (χ1v) is 12.3. The number of benzene rings is 2. The average Bonchev–Trinajstić information content (AvgIpc) is 2.93. The normalized spacial score (nSPS) is 16.4. The maximum atomic E-state index is 13.1. The van der Waals surface area contributed by atoms with Gasteiger partial charge in [0.25, 0.3) is 0 Å². The van der Waals surface area contributed by atoms with Crippen LogP contribution in [-0.4, -0.2) is 91.3 Å².